The zero-order valence-corrected chi connectivity index (χ0v) is 18.1. The molecule has 0 unspecified atom stereocenters. The molecular formula is C19H28KN2O-. The topological polar surface area (TPSA) is 34.0 Å². The van der Waals surface area contributed by atoms with Crippen LogP contribution in [0.25, 0.3) is 0 Å². The molecule has 1 spiro atoms. The molecule has 1 aliphatic carbocycles. The van der Waals surface area contributed by atoms with E-state index < -0.39 is 0 Å². The Balaban J connectivity index is 0.00000192. The summed E-state index contributed by atoms with van der Waals surface area (Å²) in [7, 11) is 0. The molecule has 2 aliphatic rings. The maximum Gasteiger partial charge on any atom is 1.00 e. The fourth-order valence-corrected chi connectivity index (χ4v) is 4.30. The number of rotatable bonds is 2. The van der Waals surface area contributed by atoms with Crippen LogP contribution >= 0.6 is 0 Å². The summed E-state index contributed by atoms with van der Waals surface area (Å²) in [6, 6.07) is 2.42. The van der Waals surface area contributed by atoms with Crippen molar-refractivity contribution >= 4 is 0 Å². The molecule has 23 heavy (non-hydrogen) atoms. The molecule has 1 aliphatic heterocycles. The van der Waals surface area contributed by atoms with Gasteiger partial charge in [-0.05, 0) is 57.0 Å². The fraction of sp³-hybridized carbons (Fsp3) is 0.632. The molecule has 1 saturated heterocycles. The van der Waals surface area contributed by atoms with E-state index >= 15 is 0 Å². The van der Waals surface area contributed by atoms with Crippen LogP contribution in [0.4, 0.5) is 0 Å². The van der Waals surface area contributed by atoms with Gasteiger partial charge in [0.25, 0.3) is 0 Å². The number of nitrogens with zero attached hydrogens (tertiary/aromatic N) is 1. The first-order chi connectivity index (χ1) is 10.5. The Morgan fingerprint density at radius 2 is 1.83 bits per heavy atom. The molecule has 1 saturated carbocycles. The standard InChI is InChI=1S/C19H28N2O.K/c1-14(2)17-6-13-21(18(22)15(17)3)16-4-7-19(8-5-16)9-11-20-12-10-19;/h6,13,16,20H,3-5,7-12H2,1-2H3;/q-2;+1. The van der Waals surface area contributed by atoms with Crippen LogP contribution in [0.5, 0.6) is 0 Å². The minimum absolute atomic E-state index is 0. The normalized spacial score (nSPS) is 21.0. The number of nitrogens with one attached hydrogen (secondary N) is 1. The molecule has 1 N–H and O–H groups in total. The Morgan fingerprint density at radius 3 is 2.39 bits per heavy atom. The fourth-order valence-electron chi connectivity index (χ4n) is 4.30. The van der Waals surface area contributed by atoms with Crippen LogP contribution in [0.1, 0.15) is 69.5 Å². The summed E-state index contributed by atoms with van der Waals surface area (Å²) in [4.78, 5) is 12.6. The Kier molecular flexibility index (Phi) is 6.91. The molecule has 1 aromatic heterocycles. The second-order valence-corrected chi connectivity index (χ2v) is 7.40. The van der Waals surface area contributed by atoms with Crippen molar-refractivity contribution in [3.63, 3.8) is 0 Å². The predicted molar refractivity (Wildman–Crippen MR) is 90.9 cm³/mol. The van der Waals surface area contributed by atoms with Crippen LogP contribution in [-0.2, 0) is 0 Å². The van der Waals surface area contributed by atoms with Crippen molar-refractivity contribution in [2.75, 3.05) is 13.1 Å². The molecule has 122 valence electrons. The van der Waals surface area contributed by atoms with Gasteiger partial charge >= 0.3 is 51.4 Å². The van der Waals surface area contributed by atoms with E-state index in [1.165, 1.54) is 25.7 Å². The van der Waals surface area contributed by atoms with E-state index in [0.29, 0.717) is 17.0 Å². The first-order valence-electron chi connectivity index (χ1n) is 8.61. The van der Waals surface area contributed by atoms with Gasteiger partial charge in [-0.1, -0.05) is 6.20 Å². The van der Waals surface area contributed by atoms with Gasteiger partial charge in [0.1, 0.15) is 0 Å². The summed E-state index contributed by atoms with van der Waals surface area (Å²) < 4.78 is 1.95. The minimum atomic E-state index is 0. The van der Waals surface area contributed by atoms with E-state index in [4.69, 9.17) is 0 Å². The average Bonchev–Trinajstić information content (AvgIpc) is 2.52. The molecule has 0 aromatic carbocycles. The number of piperidine rings is 1. The second-order valence-electron chi connectivity index (χ2n) is 7.40. The van der Waals surface area contributed by atoms with Gasteiger partial charge in [-0.25, -0.2) is 24.5 Å². The third kappa shape index (κ3) is 4.10. The molecule has 4 heteroatoms. The van der Waals surface area contributed by atoms with Crippen molar-refractivity contribution in [1.82, 2.24) is 9.88 Å². The predicted octanol–water partition coefficient (Wildman–Crippen LogP) is 0.482. The number of pyridine rings is 1. The number of hydrogen-bond acceptors (Lipinski definition) is 2. The van der Waals surface area contributed by atoms with Crippen molar-refractivity contribution in [2.45, 2.75) is 58.4 Å². The molecule has 2 heterocycles. The van der Waals surface area contributed by atoms with E-state index in [1.807, 2.05) is 24.6 Å². The average molecular weight is 340 g/mol. The van der Waals surface area contributed by atoms with E-state index in [9.17, 15) is 4.79 Å². The Hall–Kier alpha value is 0.286. The maximum absolute atomic E-state index is 12.6. The van der Waals surface area contributed by atoms with E-state index in [2.05, 4.69) is 18.3 Å². The third-order valence-corrected chi connectivity index (χ3v) is 5.83. The van der Waals surface area contributed by atoms with Gasteiger partial charge in [-0.2, -0.15) is 0 Å². The van der Waals surface area contributed by atoms with Gasteiger partial charge in [0.2, 0.25) is 0 Å². The SMILES string of the molecule is [CH2-]c1c([C-](C)C)ccn(C2CCC3(CCNCC3)CC2)c1=O.[K+]. The zero-order chi connectivity index (χ0) is 15.7. The molecule has 0 bridgehead atoms. The summed E-state index contributed by atoms with van der Waals surface area (Å²) in [5.74, 6) is 1.16. The molecule has 0 radical (unpaired) electrons. The molecule has 2 fully saturated rings. The Labute approximate surface area is 183 Å². The summed E-state index contributed by atoms with van der Waals surface area (Å²) >= 11 is 0. The van der Waals surface area contributed by atoms with Crippen LogP contribution in [0.15, 0.2) is 17.1 Å². The van der Waals surface area contributed by atoms with E-state index in [-0.39, 0.29) is 56.9 Å². The van der Waals surface area contributed by atoms with Crippen molar-refractivity contribution in [2.24, 2.45) is 5.41 Å². The van der Waals surface area contributed by atoms with Crippen LogP contribution < -0.4 is 62.3 Å². The molecule has 0 amide bonds. The third-order valence-electron chi connectivity index (χ3n) is 5.83. The van der Waals surface area contributed by atoms with Crippen LogP contribution in [-0.4, -0.2) is 17.7 Å². The van der Waals surface area contributed by atoms with E-state index in [0.717, 1.165) is 37.4 Å². The monoisotopic (exact) mass is 339 g/mol. The Bertz CT molecular complexity index is 578. The first kappa shape index (κ1) is 19.6. The number of aromatic nitrogens is 1. The van der Waals surface area contributed by atoms with Gasteiger partial charge in [0.05, 0.1) is 5.56 Å². The van der Waals surface area contributed by atoms with Gasteiger partial charge in [0, 0.05) is 6.04 Å². The van der Waals surface area contributed by atoms with Crippen molar-refractivity contribution in [1.29, 1.82) is 0 Å². The van der Waals surface area contributed by atoms with Crippen molar-refractivity contribution < 1.29 is 51.4 Å². The van der Waals surface area contributed by atoms with Gasteiger partial charge in [-0.15, -0.1) is 13.8 Å². The molecule has 0 atom stereocenters. The van der Waals surface area contributed by atoms with Gasteiger partial charge in [0.15, 0.2) is 0 Å². The van der Waals surface area contributed by atoms with Gasteiger partial charge < -0.3 is 14.7 Å². The maximum atomic E-state index is 12.6. The molecule has 3 nitrogen and oxygen atoms in total. The molecule has 3 rings (SSSR count). The molecule has 1 aromatic rings. The smallest absolute Gasteiger partial charge is 0.387 e. The number of hydrogen-bond donors (Lipinski definition) is 1. The summed E-state index contributed by atoms with van der Waals surface area (Å²) in [5.41, 5.74) is 2.31. The quantitative estimate of drug-likeness (QED) is 0.628. The molecular weight excluding hydrogens is 311 g/mol. The summed E-state index contributed by atoms with van der Waals surface area (Å²) in [6.45, 7) is 10.4. The van der Waals surface area contributed by atoms with E-state index in [1.54, 1.807) is 0 Å². The summed E-state index contributed by atoms with van der Waals surface area (Å²) in [5, 5.41) is 3.47. The van der Waals surface area contributed by atoms with Crippen LogP contribution in [0.2, 0.25) is 0 Å². The largest absolute Gasteiger partial charge is 1.00 e. The Morgan fingerprint density at radius 1 is 1.22 bits per heavy atom. The first-order valence-corrected chi connectivity index (χ1v) is 8.61. The zero-order valence-electron chi connectivity index (χ0n) is 15.0. The minimum Gasteiger partial charge on any atom is -0.387 e. The van der Waals surface area contributed by atoms with Crippen LogP contribution in [0.3, 0.4) is 0 Å². The summed E-state index contributed by atoms with van der Waals surface area (Å²) in [6.07, 6.45) is 9.39. The van der Waals surface area contributed by atoms with Crippen molar-refractivity contribution in [3.8, 4) is 0 Å². The van der Waals surface area contributed by atoms with Crippen LogP contribution in [0, 0.1) is 18.3 Å². The van der Waals surface area contributed by atoms with Gasteiger partial charge in [-0.3, -0.25) is 5.56 Å². The second kappa shape index (κ2) is 8.11. The van der Waals surface area contributed by atoms with Crippen molar-refractivity contribution in [3.05, 3.63) is 46.6 Å².